The Labute approximate surface area is 222 Å². The Hall–Kier alpha value is -2.88. The van der Waals surface area contributed by atoms with Gasteiger partial charge in [0.15, 0.2) is 5.76 Å². The summed E-state index contributed by atoms with van der Waals surface area (Å²) in [6.45, 7) is 4.36. The Bertz CT molecular complexity index is 1480. The summed E-state index contributed by atoms with van der Waals surface area (Å²) in [6, 6.07) is 19.4. The number of hydrogen-bond donors (Lipinski definition) is 1. The van der Waals surface area contributed by atoms with Crippen LogP contribution in [0.3, 0.4) is 0 Å². The van der Waals surface area contributed by atoms with Gasteiger partial charge in [-0.1, -0.05) is 70.9 Å². The van der Waals surface area contributed by atoms with Crippen LogP contribution in [0.1, 0.15) is 22.0 Å². The number of benzene rings is 2. The molecule has 0 amide bonds. The minimum Gasteiger partial charge on any atom is -0.492 e. The Morgan fingerprint density at radius 2 is 1.81 bits per heavy atom. The van der Waals surface area contributed by atoms with Crippen LogP contribution in [0.4, 0.5) is 0 Å². The summed E-state index contributed by atoms with van der Waals surface area (Å²) in [4.78, 5) is 10.7. The molecular formula is C26H23Cl2N5O2S. The average molecular weight is 540 g/mol. The molecule has 1 N–H and O–H groups in total. The summed E-state index contributed by atoms with van der Waals surface area (Å²) in [5, 5.41) is 16.9. The van der Waals surface area contributed by atoms with Crippen molar-refractivity contribution in [3.05, 3.63) is 93.0 Å². The SMILES string of the molecule is Oc1c(C(c2ccc(Cl)cc2Cl)N2CCN(Cc3ccccc3)CC2)sc2nc(-c3ccco3)nn12. The summed E-state index contributed by atoms with van der Waals surface area (Å²) >= 11 is 14.3. The van der Waals surface area contributed by atoms with E-state index in [9.17, 15) is 5.11 Å². The lowest BCUT2D eigenvalue weighted by Crippen LogP contribution is -2.47. The van der Waals surface area contributed by atoms with Crippen LogP contribution >= 0.6 is 34.5 Å². The lowest BCUT2D eigenvalue weighted by Gasteiger charge is -2.39. The Balaban J connectivity index is 1.32. The first kappa shape index (κ1) is 23.5. The summed E-state index contributed by atoms with van der Waals surface area (Å²) in [5.74, 6) is 1.05. The van der Waals surface area contributed by atoms with Crippen molar-refractivity contribution < 1.29 is 9.52 Å². The summed E-state index contributed by atoms with van der Waals surface area (Å²) in [6.07, 6.45) is 1.58. The molecule has 0 spiro atoms. The number of hydrogen-bond acceptors (Lipinski definition) is 7. The predicted molar refractivity (Wildman–Crippen MR) is 142 cm³/mol. The van der Waals surface area contributed by atoms with Crippen LogP contribution in [0.5, 0.6) is 5.88 Å². The van der Waals surface area contributed by atoms with Gasteiger partial charge in [-0.05, 0) is 35.4 Å². The van der Waals surface area contributed by atoms with Crippen molar-refractivity contribution in [2.24, 2.45) is 0 Å². The molecule has 184 valence electrons. The van der Waals surface area contributed by atoms with E-state index in [1.807, 2.05) is 18.2 Å². The molecule has 7 nitrogen and oxygen atoms in total. The third kappa shape index (κ3) is 4.51. The first-order chi connectivity index (χ1) is 17.6. The molecule has 0 radical (unpaired) electrons. The van der Waals surface area contributed by atoms with Gasteiger partial charge in [0.05, 0.1) is 17.2 Å². The highest BCUT2D eigenvalue weighted by atomic mass is 35.5. The van der Waals surface area contributed by atoms with E-state index in [2.05, 4.69) is 44.1 Å². The van der Waals surface area contributed by atoms with Gasteiger partial charge in [0.25, 0.3) is 0 Å². The number of furan rings is 1. The molecule has 1 saturated heterocycles. The van der Waals surface area contributed by atoms with Crippen LogP contribution in [-0.4, -0.2) is 55.7 Å². The van der Waals surface area contributed by atoms with Gasteiger partial charge in [0, 0.05) is 42.8 Å². The molecular weight excluding hydrogens is 517 g/mol. The zero-order chi connectivity index (χ0) is 24.6. The molecule has 1 fully saturated rings. The first-order valence-electron chi connectivity index (χ1n) is 11.6. The molecule has 2 aromatic carbocycles. The number of piperazine rings is 1. The summed E-state index contributed by atoms with van der Waals surface area (Å²) in [7, 11) is 0. The second-order valence-electron chi connectivity index (χ2n) is 8.76. The monoisotopic (exact) mass is 539 g/mol. The first-order valence-corrected chi connectivity index (χ1v) is 13.2. The van der Waals surface area contributed by atoms with E-state index in [1.165, 1.54) is 21.4 Å². The maximum absolute atomic E-state index is 11.3. The fourth-order valence-corrected chi connectivity index (χ4v) is 6.31. The highest BCUT2D eigenvalue weighted by molar-refractivity contribution is 7.17. The maximum atomic E-state index is 11.3. The van der Waals surface area contributed by atoms with Crippen molar-refractivity contribution in [1.29, 1.82) is 0 Å². The zero-order valence-corrected chi connectivity index (χ0v) is 21.5. The van der Waals surface area contributed by atoms with E-state index in [-0.39, 0.29) is 11.9 Å². The van der Waals surface area contributed by atoms with E-state index in [1.54, 1.807) is 24.5 Å². The predicted octanol–water partition coefficient (Wildman–Crippen LogP) is 5.97. The summed E-state index contributed by atoms with van der Waals surface area (Å²) in [5.41, 5.74) is 2.20. The van der Waals surface area contributed by atoms with Gasteiger partial charge in [-0.2, -0.15) is 9.50 Å². The minimum atomic E-state index is -0.255. The Morgan fingerprint density at radius 1 is 1.00 bits per heavy atom. The van der Waals surface area contributed by atoms with Gasteiger partial charge in [-0.15, -0.1) is 5.10 Å². The molecule has 0 bridgehead atoms. The third-order valence-corrected chi connectivity index (χ3v) is 8.10. The molecule has 0 aliphatic carbocycles. The second kappa shape index (κ2) is 9.88. The van der Waals surface area contributed by atoms with Crippen molar-refractivity contribution in [2.75, 3.05) is 26.2 Å². The minimum absolute atomic E-state index is 0.0584. The van der Waals surface area contributed by atoms with Crippen LogP contribution < -0.4 is 0 Å². The number of rotatable bonds is 6. The van der Waals surface area contributed by atoms with Crippen molar-refractivity contribution >= 4 is 39.5 Å². The molecule has 1 atom stereocenters. The Kier molecular flexibility index (Phi) is 6.45. The number of halogens is 2. The standard InChI is InChI=1S/C26H23Cl2N5O2S/c27-18-8-9-19(20(28)15-18)22(32-12-10-31(11-13-32)16-17-5-2-1-3-6-17)23-25(34)33-26(36-23)29-24(30-33)21-7-4-14-35-21/h1-9,14-15,22,34H,10-13,16H2. The third-order valence-electron chi connectivity index (χ3n) is 6.47. The smallest absolute Gasteiger partial charge is 0.230 e. The maximum Gasteiger partial charge on any atom is 0.230 e. The highest BCUT2D eigenvalue weighted by Gasteiger charge is 2.33. The molecule has 3 aromatic heterocycles. The van der Waals surface area contributed by atoms with Gasteiger partial charge < -0.3 is 9.52 Å². The van der Waals surface area contributed by atoms with E-state index in [0.29, 0.717) is 26.6 Å². The molecule has 1 aliphatic heterocycles. The van der Waals surface area contributed by atoms with E-state index < -0.39 is 0 Å². The number of nitrogens with zero attached hydrogens (tertiary/aromatic N) is 5. The molecule has 36 heavy (non-hydrogen) atoms. The van der Waals surface area contributed by atoms with Crippen molar-refractivity contribution in [3.8, 4) is 17.5 Å². The van der Waals surface area contributed by atoms with Gasteiger partial charge in [0.1, 0.15) is 0 Å². The summed E-state index contributed by atoms with van der Waals surface area (Å²) < 4.78 is 6.89. The molecule has 0 saturated carbocycles. The lowest BCUT2D eigenvalue weighted by molar-refractivity contribution is 0.105. The molecule has 4 heterocycles. The fourth-order valence-electron chi connectivity index (χ4n) is 4.69. The van der Waals surface area contributed by atoms with E-state index in [4.69, 9.17) is 27.6 Å². The van der Waals surface area contributed by atoms with E-state index in [0.717, 1.165) is 43.2 Å². The largest absolute Gasteiger partial charge is 0.492 e. The molecule has 1 unspecified atom stereocenters. The van der Waals surface area contributed by atoms with Crippen molar-refractivity contribution in [1.82, 2.24) is 24.4 Å². The zero-order valence-electron chi connectivity index (χ0n) is 19.2. The topological polar surface area (TPSA) is 70.0 Å². The van der Waals surface area contributed by atoms with Crippen molar-refractivity contribution in [3.63, 3.8) is 0 Å². The number of aromatic hydroxyl groups is 1. The number of fused-ring (bicyclic) bond motifs is 1. The van der Waals surface area contributed by atoms with Gasteiger partial charge in [-0.25, -0.2) is 0 Å². The lowest BCUT2D eigenvalue weighted by atomic mass is 10.0. The fraction of sp³-hybridized carbons (Fsp3) is 0.231. The van der Waals surface area contributed by atoms with Crippen LogP contribution in [0.25, 0.3) is 16.5 Å². The normalized spacial score (nSPS) is 16.1. The van der Waals surface area contributed by atoms with Crippen LogP contribution in [0.2, 0.25) is 10.0 Å². The molecule has 5 aromatic rings. The van der Waals surface area contributed by atoms with Crippen LogP contribution in [0, 0.1) is 0 Å². The molecule has 1 aliphatic rings. The second-order valence-corrected chi connectivity index (χ2v) is 10.6. The average Bonchev–Trinajstić information content (AvgIpc) is 3.61. The van der Waals surface area contributed by atoms with Gasteiger partial charge >= 0.3 is 0 Å². The van der Waals surface area contributed by atoms with Gasteiger partial charge in [-0.3, -0.25) is 9.80 Å². The van der Waals surface area contributed by atoms with Crippen LogP contribution in [-0.2, 0) is 6.54 Å². The molecule has 6 rings (SSSR count). The van der Waals surface area contributed by atoms with Gasteiger partial charge in [0.2, 0.25) is 16.7 Å². The molecule has 10 heteroatoms. The van der Waals surface area contributed by atoms with E-state index >= 15 is 0 Å². The highest BCUT2D eigenvalue weighted by Crippen LogP contribution is 2.43. The van der Waals surface area contributed by atoms with Crippen molar-refractivity contribution in [2.45, 2.75) is 12.6 Å². The number of aromatic nitrogens is 3. The quantitative estimate of drug-likeness (QED) is 0.286. The number of thiazole rings is 1. The van der Waals surface area contributed by atoms with Crippen LogP contribution in [0.15, 0.2) is 71.3 Å². The Morgan fingerprint density at radius 3 is 2.50 bits per heavy atom.